The van der Waals surface area contributed by atoms with E-state index >= 15 is 0 Å². The Kier molecular flexibility index (Phi) is 1.55. The van der Waals surface area contributed by atoms with Crippen LogP contribution in [0, 0.1) is 0 Å². The Morgan fingerprint density at radius 2 is 2.27 bits per heavy atom. The number of pyridine rings is 1. The third kappa shape index (κ3) is 1.10. The number of furan rings is 1. The fourth-order valence-corrected chi connectivity index (χ4v) is 1.12. The first kappa shape index (κ1) is 6.68. The van der Waals surface area contributed by atoms with E-state index in [0.29, 0.717) is 5.88 Å². The molecule has 2 heterocycles. The molecule has 0 amide bonds. The van der Waals surface area contributed by atoms with Gasteiger partial charge in [-0.25, -0.2) is 4.98 Å². The molecule has 2 aromatic rings. The first-order chi connectivity index (χ1) is 5.40. The van der Waals surface area contributed by atoms with Crippen LogP contribution in [0.4, 0.5) is 0 Å². The highest BCUT2D eigenvalue weighted by Gasteiger charge is 1.97. The van der Waals surface area contributed by atoms with Crippen molar-refractivity contribution < 1.29 is 4.42 Å². The number of hydrogen-bond acceptors (Lipinski definition) is 2. The molecule has 3 heteroatoms. The molecule has 0 bridgehead atoms. The Bertz CT molecular complexity index is 369. The van der Waals surface area contributed by atoms with E-state index in [1.54, 1.807) is 6.26 Å². The first-order valence-corrected chi connectivity index (χ1v) is 3.83. The number of aromatic nitrogens is 1. The summed E-state index contributed by atoms with van der Waals surface area (Å²) in [6.07, 6.45) is 1.62. The summed E-state index contributed by atoms with van der Waals surface area (Å²) in [5.74, 6) is 0.446. The number of halogens is 1. The predicted molar refractivity (Wildman–Crippen MR) is 43.6 cm³/mol. The topological polar surface area (TPSA) is 26.0 Å². The van der Waals surface area contributed by atoms with E-state index < -0.39 is 0 Å². The van der Waals surface area contributed by atoms with Gasteiger partial charge < -0.3 is 4.42 Å². The van der Waals surface area contributed by atoms with Crippen molar-refractivity contribution in [3.05, 3.63) is 30.2 Å². The molecule has 0 unspecified atom stereocenters. The van der Waals surface area contributed by atoms with Crippen LogP contribution in [0.5, 0.6) is 0 Å². The van der Waals surface area contributed by atoms with Gasteiger partial charge in [-0.15, -0.1) is 11.6 Å². The molecule has 0 radical (unpaired) electrons. The Hall–Kier alpha value is -1.02. The number of alkyl halides is 1. The van der Waals surface area contributed by atoms with Gasteiger partial charge in [-0.05, 0) is 12.1 Å². The zero-order valence-corrected chi connectivity index (χ0v) is 6.51. The summed E-state index contributed by atoms with van der Waals surface area (Å²) in [6.45, 7) is 0. The molecular formula is C8H6ClNO. The molecule has 0 aliphatic heterocycles. The van der Waals surface area contributed by atoms with Crippen LogP contribution in [0.3, 0.4) is 0 Å². The van der Waals surface area contributed by atoms with Crippen LogP contribution in [0.25, 0.3) is 11.1 Å². The second-order valence-electron chi connectivity index (χ2n) is 2.24. The highest BCUT2D eigenvalue weighted by molar-refractivity contribution is 6.16. The lowest BCUT2D eigenvalue weighted by molar-refractivity contribution is 0.615. The second kappa shape index (κ2) is 2.55. The van der Waals surface area contributed by atoms with Crippen LogP contribution < -0.4 is 0 Å². The van der Waals surface area contributed by atoms with Gasteiger partial charge >= 0.3 is 0 Å². The molecule has 0 N–H and O–H groups in total. The zero-order valence-electron chi connectivity index (χ0n) is 5.75. The normalized spacial score (nSPS) is 10.6. The van der Waals surface area contributed by atoms with Gasteiger partial charge in [0.05, 0.1) is 17.8 Å². The minimum absolute atomic E-state index is 0.446. The second-order valence-corrected chi connectivity index (χ2v) is 2.51. The lowest BCUT2D eigenvalue weighted by atomic mass is 10.3. The van der Waals surface area contributed by atoms with Crippen molar-refractivity contribution in [1.82, 2.24) is 4.98 Å². The summed E-state index contributed by atoms with van der Waals surface area (Å²) in [7, 11) is 0. The Morgan fingerprint density at radius 3 is 3.09 bits per heavy atom. The molecule has 0 aliphatic carbocycles. The summed E-state index contributed by atoms with van der Waals surface area (Å²) < 4.78 is 5.11. The predicted octanol–water partition coefficient (Wildman–Crippen LogP) is 2.57. The van der Waals surface area contributed by atoms with E-state index in [2.05, 4.69) is 4.98 Å². The average molecular weight is 168 g/mol. The fourth-order valence-electron chi connectivity index (χ4n) is 0.970. The minimum Gasteiger partial charge on any atom is -0.463 e. The van der Waals surface area contributed by atoms with Crippen molar-refractivity contribution in [3.8, 4) is 0 Å². The molecule has 0 atom stereocenters. The van der Waals surface area contributed by atoms with Gasteiger partial charge in [0.25, 0.3) is 0 Å². The largest absolute Gasteiger partial charge is 0.463 e. The zero-order chi connectivity index (χ0) is 7.68. The molecule has 0 spiro atoms. The molecular weight excluding hydrogens is 162 g/mol. The third-order valence-corrected chi connectivity index (χ3v) is 1.78. The minimum atomic E-state index is 0.446. The molecule has 0 aliphatic rings. The van der Waals surface area contributed by atoms with Crippen LogP contribution in [-0.2, 0) is 5.88 Å². The molecule has 0 saturated heterocycles. The van der Waals surface area contributed by atoms with Crippen molar-refractivity contribution in [2.45, 2.75) is 5.88 Å². The molecule has 2 aromatic heterocycles. The van der Waals surface area contributed by atoms with Crippen molar-refractivity contribution in [1.29, 1.82) is 0 Å². The van der Waals surface area contributed by atoms with E-state index in [1.807, 2.05) is 18.2 Å². The SMILES string of the molecule is ClCc1ccc2occc2n1. The monoisotopic (exact) mass is 167 g/mol. The highest BCUT2D eigenvalue weighted by atomic mass is 35.5. The third-order valence-electron chi connectivity index (χ3n) is 1.50. The summed E-state index contributed by atoms with van der Waals surface area (Å²) in [5, 5.41) is 0. The fraction of sp³-hybridized carbons (Fsp3) is 0.125. The van der Waals surface area contributed by atoms with Gasteiger partial charge in [0, 0.05) is 6.07 Å². The molecule has 56 valence electrons. The molecule has 0 fully saturated rings. The summed E-state index contributed by atoms with van der Waals surface area (Å²) >= 11 is 5.60. The molecule has 0 saturated carbocycles. The van der Waals surface area contributed by atoms with Crippen LogP contribution in [0.2, 0.25) is 0 Å². The summed E-state index contributed by atoms with van der Waals surface area (Å²) in [5.41, 5.74) is 2.54. The van der Waals surface area contributed by atoms with E-state index in [-0.39, 0.29) is 0 Å². The van der Waals surface area contributed by atoms with Gasteiger partial charge in [-0.3, -0.25) is 0 Å². The maximum Gasteiger partial charge on any atom is 0.152 e. The number of fused-ring (bicyclic) bond motifs is 1. The molecule has 2 nitrogen and oxygen atoms in total. The van der Waals surface area contributed by atoms with E-state index in [9.17, 15) is 0 Å². The number of rotatable bonds is 1. The van der Waals surface area contributed by atoms with Gasteiger partial charge in [-0.2, -0.15) is 0 Å². The van der Waals surface area contributed by atoms with Crippen molar-refractivity contribution in [2.75, 3.05) is 0 Å². The number of hydrogen-bond donors (Lipinski definition) is 0. The lowest BCUT2D eigenvalue weighted by Gasteiger charge is -1.91. The van der Waals surface area contributed by atoms with Crippen LogP contribution in [-0.4, -0.2) is 4.98 Å². The van der Waals surface area contributed by atoms with Crippen molar-refractivity contribution in [2.24, 2.45) is 0 Å². The van der Waals surface area contributed by atoms with Crippen LogP contribution in [0.15, 0.2) is 28.9 Å². The molecule has 0 aromatic carbocycles. The van der Waals surface area contributed by atoms with E-state index in [1.165, 1.54) is 0 Å². The summed E-state index contributed by atoms with van der Waals surface area (Å²) in [6, 6.07) is 5.56. The van der Waals surface area contributed by atoms with Crippen LogP contribution in [0.1, 0.15) is 5.69 Å². The van der Waals surface area contributed by atoms with Crippen molar-refractivity contribution in [3.63, 3.8) is 0 Å². The van der Waals surface area contributed by atoms with Crippen molar-refractivity contribution >= 4 is 22.7 Å². The van der Waals surface area contributed by atoms with Gasteiger partial charge in [-0.1, -0.05) is 0 Å². The lowest BCUT2D eigenvalue weighted by Crippen LogP contribution is -1.82. The quantitative estimate of drug-likeness (QED) is 0.611. The Morgan fingerprint density at radius 1 is 1.36 bits per heavy atom. The maximum absolute atomic E-state index is 5.60. The van der Waals surface area contributed by atoms with Gasteiger partial charge in [0.1, 0.15) is 5.52 Å². The van der Waals surface area contributed by atoms with E-state index in [4.69, 9.17) is 16.0 Å². The van der Waals surface area contributed by atoms with E-state index in [0.717, 1.165) is 16.8 Å². The Balaban J connectivity index is 2.67. The Labute approximate surface area is 68.8 Å². The standard InChI is InChI=1S/C8H6ClNO/c9-5-6-1-2-8-7(10-6)3-4-11-8/h1-4H,5H2. The molecule has 2 rings (SSSR count). The highest BCUT2D eigenvalue weighted by Crippen LogP contribution is 2.13. The molecule has 11 heavy (non-hydrogen) atoms. The number of nitrogens with zero attached hydrogens (tertiary/aromatic N) is 1. The average Bonchev–Trinajstić information content (AvgIpc) is 2.50. The maximum atomic E-state index is 5.60. The first-order valence-electron chi connectivity index (χ1n) is 3.29. The smallest absolute Gasteiger partial charge is 0.152 e. The van der Waals surface area contributed by atoms with Crippen LogP contribution >= 0.6 is 11.6 Å². The van der Waals surface area contributed by atoms with Gasteiger partial charge in [0.2, 0.25) is 0 Å². The summed E-state index contributed by atoms with van der Waals surface area (Å²) in [4.78, 5) is 4.23. The van der Waals surface area contributed by atoms with Gasteiger partial charge in [0.15, 0.2) is 5.58 Å².